The number of fused-ring (bicyclic) bond motifs is 1. The summed E-state index contributed by atoms with van der Waals surface area (Å²) in [5.74, 6) is -2.12. The predicted octanol–water partition coefficient (Wildman–Crippen LogP) is 1.25. The van der Waals surface area contributed by atoms with E-state index < -0.39 is 18.0 Å². The molecule has 1 aromatic carbocycles. The van der Waals surface area contributed by atoms with Crippen LogP contribution in [-0.2, 0) is 11.8 Å². The second kappa shape index (κ2) is 6.26. The molecular weight excluding hydrogens is 310 g/mol. The highest BCUT2D eigenvalue weighted by atomic mass is 16.4. The number of aromatic nitrogens is 1. The van der Waals surface area contributed by atoms with E-state index in [2.05, 4.69) is 4.90 Å². The van der Waals surface area contributed by atoms with Crippen molar-refractivity contribution in [3.8, 4) is 0 Å². The molecular formula is C17H21N3O4. The molecule has 2 heterocycles. The summed E-state index contributed by atoms with van der Waals surface area (Å²) in [6.07, 6.45) is 0. The number of carboxylic acids is 2. The van der Waals surface area contributed by atoms with Gasteiger partial charge in [-0.25, -0.2) is 4.79 Å². The van der Waals surface area contributed by atoms with Crippen LogP contribution in [0.3, 0.4) is 0 Å². The molecule has 24 heavy (non-hydrogen) atoms. The van der Waals surface area contributed by atoms with E-state index in [1.165, 1.54) is 0 Å². The predicted molar refractivity (Wildman–Crippen MR) is 89.3 cm³/mol. The first-order chi connectivity index (χ1) is 11.4. The van der Waals surface area contributed by atoms with Crippen molar-refractivity contribution in [3.05, 3.63) is 35.5 Å². The second-order valence-electron chi connectivity index (χ2n) is 6.22. The third-order valence-electron chi connectivity index (χ3n) is 4.76. The highest BCUT2D eigenvalue weighted by molar-refractivity contribution is 6.01. The van der Waals surface area contributed by atoms with E-state index in [9.17, 15) is 19.8 Å². The molecule has 7 heteroatoms. The molecule has 1 aliphatic rings. The minimum atomic E-state index is -1.11. The van der Waals surface area contributed by atoms with Crippen LogP contribution in [0, 0.1) is 0 Å². The number of likely N-dealkylation sites (N-methyl/N-ethyl adjacent to an activating group) is 1. The zero-order valence-corrected chi connectivity index (χ0v) is 13.8. The van der Waals surface area contributed by atoms with Crippen molar-refractivity contribution >= 4 is 22.8 Å². The Labute approximate surface area is 139 Å². The van der Waals surface area contributed by atoms with Crippen LogP contribution in [-0.4, -0.2) is 69.7 Å². The van der Waals surface area contributed by atoms with Gasteiger partial charge in [-0.15, -0.1) is 0 Å². The van der Waals surface area contributed by atoms with Gasteiger partial charge in [-0.3, -0.25) is 9.69 Å². The van der Waals surface area contributed by atoms with E-state index in [1.807, 2.05) is 24.1 Å². The number of hydrogen-bond acceptors (Lipinski definition) is 4. The third kappa shape index (κ3) is 2.65. The molecule has 0 unspecified atom stereocenters. The van der Waals surface area contributed by atoms with Gasteiger partial charge in [0.1, 0.15) is 11.7 Å². The number of aliphatic carboxylic acids is 1. The van der Waals surface area contributed by atoms with Crippen molar-refractivity contribution in [1.82, 2.24) is 14.4 Å². The van der Waals surface area contributed by atoms with E-state index in [0.29, 0.717) is 24.0 Å². The highest BCUT2D eigenvalue weighted by Gasteiger charge is 2.36. The van der Waals surface area contributed by atoms with Crippen molar-refractivity contribution in [3.63, 3.8) is 0 Å². The normalized spacial score (nSPS) is 17.9. The van der Waals surface area contributed by atoms with Gasteiger partial charge in [-0.05, 0) is 13.1 Å². The topological polar surface area (TPSA) is 86.0 Å². The molecule has 1 aliphatic heterocycles. The molecule has 128 valence electrons. The quantitative estimate of drug-likeness (QED) is 0.877. The van der Waals surface area contributed by atoms with Crippen molar-refractivity contribution in [2.24, 2.45) is 7.05 Å². The number of benzene rings is 1. The number of aromatic carboxylic acids is 1. The van der Waals surface area contributed by atoms with E-state index in [0.717, 1.165) is 18.6 Å². The van der Waals surface area contributed by atoms with Crippen LogP contribution in [0.4, 0.5) is 0 Å². The van der Waals surface area contributed by atoms with Crippen LogP contribution >= 0.6 is 0 Å². The Hall–Kier alpha value is -2.38. The monoisotopic (exact) mass is 331 g/mol. The number of piperazine rings is 1. The summed E-state index contributed by atoms with van der Waals surface area (Å²) < 4.78 is 1.57. The van der Waals surface area contributed by atoms with Crippen LogP contribution in [0.5, 0.6) is 0 Å². The molecule has 7 nitrogen and oxygen atoms in total. The maximum absolute atomic E-state index is 12.1. The van der Waals surface area contributed by atoms with Gasteiger partial charge in [0.15, 0.2) is 0 Å². The van der Waals surface area contributed by atoms with E-state index >= 15 is 0 Å². The number of rotatable bonds is 4. The molecule has 0 radical (unpaired) electrons. The molecule has 0 aliphatic carbocycles. The minimum absolute atomic E-state index is 0.0440. The molecule has 0 bridgehead atoms. The lowest BCUT2D eigenvalue weighted by Crippen LogP contribution is -2.48. The number of nitrogens with zero attached hydrogens (tertiary/aromatic N) is 3. The average Bonchev–Trinajstić information content (AvgIpc) is 2.83. The van der Waals surface area contributed by atoms with Crippen molar-refractivity contribution in [2.75, 3.05) is 33.2 Å². The zero-order valence-electron chi connectivity index (χ0n) is 13.8. The summed E-state index contributed by atoms with van der Waals surface area (Å²) in [6, 6.07) is 6.27. The summed E-state index contributed by atoms with van der Waals surface area (Å²) >= 11 is 0. The summed E-state index contributed by atoms with van der Waals surface area (Å²) in [5.41, 5.74) is 1.14. The Balaban J connectivity index is 2.19. The number of carboxylic acid groups (broad SMARTS) is 2. The van der Waals surface area contributed by atoms with Crippen LogP contribution < -0.4 is 0 Å². The summed E-state index contributed by atoms with van der Waals surface area (Å²) in [6.45, 7) is 2.71. The minimum Gasteiger partial charge on any atom is -0.480 e. The van der Waals surface area contributed by atoms with Crippen LogP contribution in [0.1, 0.15) is 22.1 Å². The molecule has 3 rings (SSSR count). The first kappa shape index (κ1) is 16.5. The average molecular weight is 331 g/mol. The zero-order chi connectivity index (χ0) is 17.4. The third-order valence-corrected chi connectivity index (χ3v) is 4.76. The molecule has 0 amide bonds. The first-order valence-electron chi connectivity index (χ1n) is 7.87. The smallest absolute Gasteiger partial charge is 0.352 e. The van der Waals surface area contributed by atoms with Crippen LogP contribution in [0.15, 0.2) is 24.3 Å². The molecule has 1 saturated heterocycles. The maximum atomic E-state index is 12.1. The van der Waals surface area contributed by atoms with Gasteiger partial charge in [-0.1, -0.05) is 18.2 Å². The van der Waals surface area contributed by atoms with Gasteiger partial charge in [0.25, 0.3) is 0 Å². The van der Waals surface area contributed by atoms with Gasteiger partial charge in [0, 0.05) is 49.7 Å². The summed E-state index contributed by atoms with van der Waals surface area (Å²) in [7, 11) is 3.66. The van der Waals surface area contributed by atoms with Crippen molar-refractivity contribution in [2.45, 2.75) is 6.04 Å². The van der Waals surface area contributed by atoms with Gasteiger partial charge in [0.05, 0.1) is 0 Å². The number of carbonyl (C=O) groups is 2. The van der Waals surface area contributed by atoms with E-state index in [1.54, 1.807) is 23.7 Å². The molecule has 1 aromatic heterocycles. The first-order valence-corrected chi connectivity index (χ1v) is 7.87. The Kier molecular flexibility index (Phi) is 4.29. The van der Waals surface area contributed by atoms with Crippen molar-refractivity contribution < 1.29 is 19.8 Å². The lowest BCUT2D eigenvalue weighted by molar-refractivity contribution is -0.144. The number of aryl methyl sites for hydroxylation is 1. The fourth-order valence-corrected chi connectivity index (χ4v) is 3.50. The second-order valence-corrected chi connectivity index (χ2v) is 6.22. The molecule has 1 atom stereocenters. The Morgan fingerprint density at radius 3 is 2.25 bits per heavy atom. The molecule has 1 fully saturated rings. The highest BCUT2D eigenvalue weighted by Crippen LogP contribution is 2.34. The molecule has 0 spiro atoms. The lowest BCUT2D eigenvalue weighted by atomic mass is 10.00. The van der Waals surface area contributed by atoms with Crippen molar-refractivity contribution in [1.29, 1.82) is 0 Å². The Morgan fingerprint density at radius 1 is 1.04 bits per heavy atom. The summed E-state index contributed by atoms with van der Waals surface area (Å²) in [4.78, 5) is 27.9. The largest absolute Gasteiger partial charge is 0.480 e. The standard InChI is InChI=1S/C17H21N3O4/c1-18-7-9-20(10-8-18)15(17(23)24)13-11-5-3-4-6-12(11)19(2)14(13)16(21)22/h3-6,15H,7-10H2,1-2H3,(H,21,22)(H,23,24)/t15-/m1/s1. The van der Waals surface area contributed by atoms with E-state index in [4.69, 9.17) is 0 Å². The fraction of sp³-hybridized carbons (Fsp3) is 0.412. The lowest BCUT2D eigenvalue weighted by Gasteiger charge is -2.36. The number of para-hydroxylation sites is 1. The fourth-order valence-electron chi connectivity index (χ4n) is 3.50. The van der Waals surface area contributed by atoms with Gasteiger partial charge in [0.2, 0.25) is 0 Å². The van der Waals surface area contributed by atoms with E-state index in [-0.39, 0.29) is 5.69 Å². The SMILES string of the molecule is CN1CCN([C@@H](C(=O)O)c2c(C(=O)O)n(C)c3ccccc23)CC1. The Morgan fingerprint density at radius 2 is 1.67 bits per heavy atom. The molecule has 0 saturated carbocycles. The van der Waals surface area contributed by atoms with Gasteiger partial charge >= 0.3 is 11.9 Å². The maximum Gasteiger partial charge on any atom is 0.352 e. The molecule has 2 aromatic rings. The van der Waals surface area contributed by atoms with Crippen LogP contribution in [0.2, 0.25) is 0 Å². The summed E-state index contributed by atoms with van der Waals surface area (Å²) in [5, 5.41) is 20.2. The van der Waals surface area contributed by atoms with Gasteiger partial charge < -0.3 is 19.7 Å². The van der Waals surface area contributed by atoms with Crippen LogP contribution in [0.25, 0.3) is 10.9 Å². The van der Waals surface area contributed by atoms with Gasteiger partial charge in [-0.2, -0.15) is 0 Å². The number of hydrogen-bond donors (Lipinski definition) is 2. The molecule has 2 N–H and O–H groups in total. The Bertz CT molecular complexity index is 790.